The predicted molar refractivity (Wildman–Crippen MR) is 74.4 cm³/mol. The largest absolute Gasteiger partial charge is 0.489 e. The van der Waals surface area contributed by atoms with E-state index in [4.69, 9.17) is 9.47 Å². The number of halogens is 1. The van der Waals surface area contributed by atoms with Crippen LogP contribution < -0.4 is 19.7 Å². The maximum atomic E-state index is 5.85. The number of hydrogen-bond donors (Lipinski definition) is 1. The molecule has 100 valence electrons. The highest BCUT2D eigenvalue weighted by Crippen LogP contribution is 2.39. The molecular weight excluding hydrogens is 252 g/mol. The molecule has 1 aromatic rings. The molecule has 0 unspecified atom stereocenters. The summed E-state index contributed by atoms with van der Waals surface area (Å²) in [5, 5.41) is 3.36. The fraction of sp³-hybridized carbons (Fsp3) is 0.538. The first kappa shape index (κ1) is 13.3. The van der Waals surface area contributed by atoms with Crippen LogP contribution in [0.5, 0.6) is 11.5 Å². The monoisotopic (exact) mass is 270 g/mol. The van der Waals surface area contributed by atoms with Crippen LogP contribution in [0, 0.1) is 0 Å². The smallest absolute Gasteiger partial charge is 0.184 e. The quantitative estimate of drug-likeness (QED) is 0.842. The van der Waals surface area contributed by atoms with Crippen LogP contribution in [-0.4, -0.2) is 39.4 Å². The number of hydrogen-bond acceptors (Lipinski definition) is 4. The van der Waals surface area contributed by atoms with Crippen LogP contribution in [0.2, 0.25) is 0 Å². The van der Waals surface area contributed by atoms with Gasteiger partial charge in [-0.1, -0.05) is 6.07 Å². The topological polar surface area (TPSA) is 33.7 Å². The van der Waals surface area contributed by atoms with Crippen molar-refractivity contribution in [2.24, 2.45) is 0 Å². The normalized spacial score (nSPS) is 18.8. The molecule has 0 atom stereocenters. The highest BCUT2D eigenvalue weighted by Gasteiger charge is 2.19. The summed E-state index contributed by atoms with van der Waals surface area (Å²) in [5.41, 5.74) is 1.17. The van der Waals surface area contributed by atoms with Crippen molar-refractivity contribution in [3.63, 3.8) is 0 Å². The number of para-hydroxylation sites is 1. The van der Waals surface area contributed by atoms with E-state index < -0.39 is 0 Å². The lowest BCUT2D eigenvalue weighted by Crippen LogP contribution is -2.43. The second kappa shape index (κ2) is 6.16. The summed E-state index contributed by atoms with van der Waals surface area (Å²) in [4.78, 5) is 2.37. The van der Waals surface area contributed by atoms with Crippen LogP contribution in [0.1, 0.15) is 6.42 Å². The number of fused-ring (bicyclic) bond motifs is 1. The molecular formula is C13H19ClN2O2. The molecule has 18 heavy (non-hydrogen) atoms. The number of rotatable bonds is 1. The van der Waals surface area contributed by atoms with Crippen LogP contribution in [0.25, 0.3) is 0 Å². The van der Waals surface area contributed by atoms with Gasteiger partial charge < -0.3 is 19.7 Å². The number of nitrogens with one attached hydrogen (secondary N) is 1. The van der Waals surface area contributed by atoms with E-state index in [1.807, 2.05) is 12.1 Å². The number of anilines is 1. The van der Waals surface area contributed by atoms with E-state index in [1.165, 1.54) is 5.69 Å². The van der Waals surface area contributed by atoms with Crippen molar-refractivity contribution >= 4 is 18.1 Å². The molecule has 0 spiro atoms. The minimum atomic E-state index is 0. The summed E-state index contributed by atoms with van der Waals surface area (Å²) < 4.78 is 11.6. The van der Waals surface area contributed by atoms with Crippen molar-refractivity contribution in [1.29, 1.82) is 0 Å². The average Bonchev–Trinajstić information content (AvgIpc) is 2.64. The lowest BCUT2D eigenvalue weighted by Gasteiger charge is -2.30. The molecule has 0 saturated carbocycles. The second-order valence-electron chi connectivity index (χ2n) is 4.39. The molecule has 2 aliphatic rings. The Bertz CT molecular complexity index is 395. The predicted octanol–water partition coefficient (Wildman–Crippen LogP) is 1.68. The highest BCUT2D eigenvalue weighted by molar-refractivity contribution is 5.85. The zero-order valence-electron chi connectivity index (χ0n) is 10.4. The van der Waals surface area contributed by atoms with Crippen molar-refractivity contribution in [2.75, 3.05) is 44.3 Å². The van der Waals surface area contributed by atoms with Crippen LogP contribution >= 0.6 is 12.4 Å². The molecule has 1 aromatic carbocycles. The molecule has 0 aliphatic carbocycles. The molecule has 0 radical (unpaired) electrons. The van der Waals surface area contributed by atoms with Crippen molar-refractivity contribution < 1.29 is 9.47 Å². The Balaban J connectivity index is 0.00000120. The van der Waals surface area contributed by atoms with Gasteiger partial charge in [0.25, 0.3) is 0 Å². The first-order chi connectivity index (χ1) is 8.45. The van der Waals surface area contributed by atoms with Gasteiger partial charge in [-0.2, -0.15) is 0 Å². The molecule has 0 bridgehead atoms. The molecule has 1 fully saturated rings. The van der Waals surface area contributed by atoms with Gasteiger partial charge >= 0.3 is 0 Å². The lowest BCUT2D eigenvalue weighted by atomic mass is 10.2. The summed E-state index contributed by atoms with van der Waals surface area (Å²) in [6.45, 7) is 5.61. The summed E-state index contributed by atoms with van der Waals surface area (Å²) in [6.07, 6.45) is 0.954. The molecule has 2 heterocycles. The first-order valence-electron chi connectivity index (χ1n) is 6.29. The summed E-state index contributed by atoms with van der Waals surface area (Å²) in [6, 6.07) is 6.16. The maximum absolute atomic E-state index is 5.85. The van der Waals surface area contributed by atoms with Crippen molar-refractivity contribution in [1.82, 2.24) is 5.32 Å². The Morgan fingerprint density at radius 3 is 2.67 bits per heavy atom. The highest BCUT2D eigenvalue weighted by atomic mass is 35.5. The van der Waals surface area contributed by atoms with Crippen LogP contribution in [0.15, 0.2) is 18.2 Å². The van der Waals surface area contributed by atoms with Gasteiger partial charge in [0.1, 0.15) is 0 Å². The van der Waals surface area contributed by atoms with Crippen molar-refractivity contribution in [3.05, 3.63) is 18.2 Å². The minimum absolute atomic E-state index is 0. The third kappa shape index (κ3) is 2.65. The minimum Gasteiger partial charge on any atom is -0.489 e. The molecule has 0 aromatic heterocycles. The van der Waals surface area contributed by atoms with Gasteiger partial charge in [0.15, 0.2) is 11.5 Å². The van der Waals surface area contributed by atoms with E-state index in [-0.39, 0.29) is 12.4 Å². The standard InChI is InChI=1S/C13H18N2O2.ClH/c1-3-11(15-7-5-14-6-8-15)13-12(4-1)16-9-2-10-17-13;/h1,3-4,14H,2,5-10H2;1H. The van der Waals surface area contributed by atoms with Crippen LogP contribution in [0.3, 0.4) is 0 Å². The van der Waals surface area contributed by atoms with E-state index in [9.17, 15) is 0 Å². The van der Waals surface area contributed by atoms with Crippen molar-refractivity contribution in [3.8, 4) is 11.5 Å². The van der Waals surface area contributed by atoms with Crippen molar-refractivity contribution in [2.45, 2.75) is 6.42 Å². The third-order valence-corrected chi connectivity index (χ3v) is 3.21. The van der Waals surface area contributed by atoms with Gasteiger partial charge in [-0.25, -0.2) is 0 Å². The van der Waals surface area contributed by atoms with Gasteiger partial charge in [-0.3, -0.25) is 0 Å². The third-order valence-electron chi connectivity index (χ3n) is 3.21. The Morgan fingerprint density at radius 1 is 1.06 bits per heavy atom. The Labute approximate surface area is 114 Å². The molecule has 4 nitrogen and oxygen atoms in total. The van der Waals surface area contributed by atoms with Gasteiger partial charge in [-0.05, 0) is 12.1 Å². The summed E-state index contributed by atoms with van der Waals surface area (Å²) in [7, 11) is 0. The van der Waals surface area contributed by atoms with Crippen LogP contribution in [0.4, 0.5) is 5.69 Å². The van der Waals surface area contributed by atoms with E-state index in [2.05, 4.69) is 16.3 Å². The number of ether oxygens (including phenoxy) is 2. The van der Waals surface area contributed by atoms with Gasteiger partial charge in [0.2, 0.25) is 0 Å². The van der Waals surface area contributed by atoms with Gasteiger partial charge in [0.05, 0.1) is 18.9 Å². The maximum Gasteiger partial charge on any atom is 0.184 e. The van der Waals surface area contributed by atoms with E-state index in [0.717, 1.165) is 57.3 Å². The van der Waals surface area contributed by atoms with E-state index in [1.54, 1.807) is 0 Å². The SMILES string of the molecule is Cl.c1cc2c(c(N3CCNCC3)c1)OCCCO2. The second-order valence-corrected chi connectivity index (χ2v) is 4.39. The van der Waals surface area contributed by atoms with Gasteiger partial charge in [0, 0.05) is 32.6 Å². The lowest BCUT2D eigenvalue weighted by molar-refractivity contribution is 0.297. The average molecular weight is 271 g/mol. The Morgan fingerprint density at radius 2 is 1.83 bits per heavy atom. The van der Waals surface area contributed by atoms with E-state index >= 15 is 0 Å². The molecule has 1 saturated heterocycles. The fourth-order valence-electron chi connectivity index (χ4n) is 2.33. The number of piperazine rings is 1. The van der Waals surface area contributed by atoms with Crippen LogP contribution in [-0.2, 0) is 0 Å². The molecule has 5 heteroatoms. The fourth-order valence-corrected chi connectivity index (χ4v) is 2.33. The van der Waals surface area contributed by atoms with Gasteiger partial charge in [-0.15, -0.1) is 12.4 Å². The number of nitrogens with zero attached hydrogens (tertiary/aromatic N) is 1. The Hall–Kier alpha value is -1.13. The summed E-state index contributed by atoms with van der Waals surface area (Å²) >= 11 is 0. The van der Waals surface area contributed by atoms with E-state index in [0.29, 0.717) is 0 Å². The molecule has 3 rings (SSSR count). The Kier molecular flexibility index (Phi) is 4.55. The summed E-state index contributed by atoms with van der Waals surface area (Å²) in [5.74, 6) is 1.81. The molecule has 1 N–H and O–H groups in total. The molecule has 2 aliphatic heterocycles. The number of benzene rings is 1. The first-order valence-corrected chi connectivity index (χ1v) is 6.29. The zero-order valence-corrected chi connectivity index (χ0v) is 11.2. The molecule has 0 amide bonds. The zero-order chi connectivity index (χ0) is 11.5.